The van der Waals surface area contributed by atoms with Gasteiger partial charge >= 0.3 is 23.9 Å². The van der Waals surface area contributed by atoms with Crippen LogP contribution in [0.1, 0.15) is 205 Å². The quantitative estimate of drug-likeness (QED) is 0.0334. The van der Waals surface area contributed by atoms with Crippen molar-refractivity contribution in [1.82, 2.24) is 0 Å². The van der Waals surface area contributed by atoms with E-state index in [0.717, 1.165) is 103 Å². The third-order valence-electron chi connectivity index (χ3n) is 10.7. The molecule has 0 aliphatic carbocycles. The molecule has 0 saturated heterocycles. The summed E-state index contributed by atoms with van der Waals surface area (Å²) in [6, 6.07) is 0. The second kappa shape index (κ2) is 35.3. The van der Waals surface area contributed by atoms with Crippen molar-refractivity contribution in [3.8, 4) is 0 Å². The average Bonchev–Trinajstić information content (AvgIpc) is 3.17. The molecule has 0 unspecified atom stereocenters. The van der Waals surface area contributed by atoms with Gasteiger partial charge in [-0.25, -0.2) is 0 Å². The highest BCUT2D eigenvalue weighted by Crippen LogP contribution is 2.26. The minimum absolute atomic E-state index is 0.00719. The van der Waals surface area contributed by atoms with E-state index in [4.69, 9.17) is 28.4 Å². The molecule has 0 spiro atoms. The first-order chi connectivity index (χ1) is 28.4. The topological polar surface area (TPSA) is 124 Å². The Morgan fingerprint density at radius 3 is 0.983 bits per heavy atom. The van der Waals surface area contributed by atoms with Crippen molar-refractivity contribution in [2.24, 2.45) is 40.4 Å². The van der Waals surface area contributed by atoms with Crippen molar-refractivity contribution in [3.63, 3.8) is 0 Å². The van der Waals surface area contributed by atoms with E-state index in [2.05, 4.69) is 69.2 Å². The molecule has 0 saturated carbocycles. The zero-order valence-corrected chi connectivity index (χ0v) is 40.8. The Balaban J connectivity index is 6.15. The predicted molar refractivity (Wildman–Crippen MR) is 243 cm³/mol. The van der Waals surface area contributed by atoms with Crippen LogP contribution in [-0.4, -0.2) is 76.7 Å². The van der Waals surface area contributed by atoms with Crippen molar-refractivity contribution in [3.05, 3.63) is 0 Å². The van der Waals surface area contributed by atoms with Crippen molar-refractivity contribution in [2.75, 3.05) is 52.9 Å². The molecule has 0 aromatic rings. The van der Waals surface area contributed by atoms with Crippen molar-refractivity contribution in [1.29, 1.82) is 0 Å². The van der Waals surface area contributed by atoms with Crippen LogP contribution >= 0.6 is 0 Å². The summed E-state index contributed by atoms with van der Waals surface area (Å²) >= 11 is 0. The summed E-state index contributed by atoms with van der Waals surface area (Å²) < 4.78 is 36.2. The average molecular weight is 855 g/mol. The van der Waals surface area contributed by atoms with Gasteiger partial charge in [0.15, 0.2) is 0 Å². The first-order valence-corrected chi connectivity index (χ1v) is 24.1. The molecule has 0 heterocycles. The molecule has 0 aromatic carbocycles. The van der Waals surface area contributed by atoms with Gasteiger partial charge in [0.2, 0.25) is 0 Å². The molecule has 0 bridgehead atoms. The van der Waals surface area contributed by atoms with Gasteiger partial charge < -0.3 is 28.4 Å². The number of rotatable bonds is 40. The Labute approximate surface area is 368 Å². The monoisotopic (exact) mass is 855 g/mol. The highest BCUT2D eigenvalue weighted by Gasteiger charge is 2.37. The SMILES string of the molecule is CC(C)CCCCCOCC(COCC(C)(COC(=O)CCCCC(C)C)COC(=O)CCCCC(C)C)(COC(=O)CCCCC(C)C)COC(=O)CCCCC(C)C. The van der Waals surface area contributed by atoms with E-state index >= 15 is 0 Å². The lowest BCUT2D eigenvalue weighted by atomic mass is 9.91. The summed E-state index contributed by atoms with van der Waals surface area (Å²) in [7, 11) is 0. The molecule has 0 amide bonds. The van der Waals surface area contributed by atoms with Crippen molar-refractivity contribution < 1.29 is 47.6 Å². The van der Waals surface area contributed by atoms with Crippen molar-refractivity contribution >= 4 is 23.9 Å². The molecular weight excluding hydrogens is 761 g/mol. The maximum atomic E-state index is 13.1. The molecule has 354 valence electrons. The van der Waals surface area contributed by atoms with Gasteiger partial charge in [-0.1, -0.05) is 147 Å². The first-order valence-electron chi connectivity index (χ1n) is 24.1. The van der Waals surface area contributed by atoms with E-state index in [-0.39, 0.29) is 70.1 Å². The van der Waals surface area contributed by atoms with Crippen LogP contribution < -0.4 is 0 Å². The highest BCUT2D eigenvalue weighted by molar-refractivity contribution is 5.70. The predicted octanol–water partition coefficient (Wildman–Crippen LogP) is 12.3. The number of carbonyl (C=O) groups excluding carboxylic acids is 4. The largest absolute Gasteiger partial charge is 0.465 e. The number of hydrogen-bond donors (Lipinski definition) is 0. The number of carbonyl (C=O) groups is 4. The van der Waals surface area contributed by atoms with Crippen LogP contribution in [0.2, 0.25) is 0 Å². The Morgan fingerprint density at radius 1 is 0.350 bits per heavy atom. The van der Waals surface area contributed by atoms with E-state index < -0.39 is 10.8 Å². The summed E-state index contributed by atoms with van der Waals surface area (Å²) in [5.74, 6) is 1.74. The van der Waals surface area contributed by atoms with E-state index in [1.807, 2.05) is 6.92 Å². The smallest absolute Gasteiger partial charge is 0.305 e. The van der Waals surface area contributed by atoms with E-state index in [9.17, 15) is 19.2 Å². The fourth-order valence-corrected chi connectivity index (χ4v) is 6.66. The van der Waals surface area contributed by atoms with Gasteiger partial charge in [-0.3, -0.25) is 19.2 Å². The van der Waals surface area contributed by atoms with E-state index in [0.29, 0.717) is 61.9 Å². The van der Waals surface area contributed by atoms with Crippen LogP contribution in [0.15, 0.2) is 0 Å². The zero-order valence-electron chi connectivity index (χ0n) is 40.8. The van der Waals surface area contributed by atoms with Gasteiger partial charge in [-0.05, 0) is 61.7 Å². The molecule has 0 N–H and O–H groups in total. The standard InChI is InChI=1S/C50H94O10/c1-40(2)23-13-12-22-32-55-36-50(38-59-47(53)30-20-16-26-43(7)8,39-60-48(54)31-21-17-27-44(9)10)37-56-33-49(11,34-57-45(51)28-18-14-24-41(3)4)35-58-46(52)29-19-15-25-42(5)6/h40-44H,12-39H2,1-11H3. The van der Waals surface area contributed by atoms with Gasteiger partial charge in [-0.2, -0.15) is 0 Å². The molecule has 0 aliphatic rings. The minimum atomic E-state index is -0.986. The third kappa shape index (κ3) is 35.4. The normalized spacial score (nSPS) is 12.3. The Bertz CT molecular complexity index is 1030. The number of esters is 4. The molecule has 0 rings (SSSR count). The second-order valence-corrected chi connectivity index (χ2v) is 20.3. The van der Waals surface area contributed by atoms with E-state index in [1.165, 1.54) is 0 Å². The molecule has 10 heteroatoms. The van der Waals surface area contributed by atoms with Crippen LogP contribution in [0.4, 0.5) is 0 Å². The number of unbranched alkanes of at least 4 members (excludes halogenated alkanes) is 6. The van der Waals surface area contributed by atoms with Crippen LogP contribution in [0.25, 0.3) is 0 Å². The zero-order chi connectivity index (χ0) is 45.2. The maximum Gasteiger partial charge on any atom is 0.305 e. The number of ether oxygens (including phenoxy) is 6. The lowest BCUT2D eigenvalue weighted by Gasteiger charge is -2.34. The Morgan fingerprint density at radius 2 is 0.650 bits per heavy atom. The van der Waals surface area contributed by atoms with E-state index in [1.54, 1.807) is 0 Å². The molecule has 0 radical (unpaired) electrons. The molecule has 10 nitrogen and oxygen atoms in total. The van der Waals surface area contributed by atoms with Gasteiger partial charge in [0.25, 0.3) is 0 Å². The van der Waals surface area contributed by atoms with Crippen molar-refractivity contribution in [2.45, 2.75) is 205 Å². The van der Waals surface area contributed by atoms with Gasteiger partial charge in [0.05, 0.1) is 30.7 Å². The second-order valence-electron chi connectivity index (χ2n) is 20.3. The summed E-state index contributed by atoms with van der Waals surface area (Å²) in [6.07, 6.45) is 16.5. The lowest BCUT2D eigenvalue weighted by Crippen LogP contribution is -2.44. The van der Waals surface area contributed by atoms with Crippen LogP contribution in [-0.2, 0) is 47.6 Å². The lowest BCUT2D eigenvalue weighted by molar-refractivity contribution is -0.167. The molecule has 0 aliphatic heterocycles. The summed E-state index contributed by atoms with van der Waals surface area (Å²) in [5.41, 5.74) is -1.84. The summed E-state index contributed by atoms with van der Waals surface area (Å²) in [6.45, 7) is 24.4. The number of hydrogen-bond acceptors (Lipinski definition) is 10. The molecule has 0 aromatic heterocycles. The van der Waals surface area contributed by atoms with Gasteiger partial charge in [0.1, 0.15) is 26.4 Å². The fourth-order valence-electron chi connectivity index (χ4n) is 6.66. The Hall–Kier alpha value is -2.20. The third-order valence-corrected chi connectivity index (χ3v) is 10.7. The molecular formula is C50H94O10. The first kappa shape index (κ1) is 57.8. The highest BCUT2D eigenvalue weighted by atomic mass is 16.6. The Kier molecular flexibility index (Phi) is 34.0. The van der Waals surface area contributed by atoms with Crippen LogP contribution in [0.3, 0.4) is 0 Å². The summed E-state index contributed by atoms with van der Waals surface area (Å²) in [5, 5.41) is 0. The fraction of sp³-hybridized carbons (Fsp3) is 0.920. The van der Waals surface area contributed by atoms with Gasteiger partial charge in [0, 0.05) is 32.3 Å². The van der Waals surface area contributed by atoms with Crippen LogP contribution in [0, 0.1) is 40.4 Å². The van der Waals surface area contributed by atoms with Crippen LogP contribution in [0.5, 0.6) is 0 Å². The molecule has 0 atom stereocenters. The minimum Gasteiger partial charge on any atom is -0.465 e. The van der Waals surface area contributed by atoms with Gasteiger partial charge in [-0.15, -0.1) is 0 Å². The summed E-state index contributed by atoms with van der Waals surface area (Å²) in [4.78, 5) is 51.9. The maximum absolute atomic E-state index is 13.1. The molecule has 0 fully saturated rings. The molecule has 60 heavy (non-hydrogen) atoms.